The summed E-state index contributed by atoms with van der Waals surface area (Å²) >= 11 is 6.18. The Balaban J connectivity index is 2.52. The van der Waals surface area contributed by atoms with Gasteiger partial charge in [0.25, 0.3) is 0 Å². The number of thiol groups is 1. The standard InChI is InChI=1S/C10H14S2/c1-8(2)7-12-10-5-3-4-9(11)6-10/h3-6,8,11H,7H2,1-2H3. The van der Waals surface area contributed by atoms with Gasteiger partial charge >= 0.3 is 0 Å². The third-order valence-corrected chi connectivity index (χ3v) is 3.10. The highest BCUT2D eigenvalue weighted by atomic mass is 32.2. The first-order valence-corrected chi connectivity index (χ1v) is 5.53. The second-order valence-corrected chi connectivity index (χ2v) is 4.81. The van der Waals surface area contributed by atoms with Crippen LogP contribution in [0.3, 0.4) is 0 Å². The third-order valence-electron chi connectivity index (χ3n) is 1.40. The summed E-state index contributed by atoms with van der Waals surface area (Å²) in [4.78, 5) is 2.36. The van der Waals surface area contributed by atoms with E-state index >= 15 is 0 Å². The van der Waals surface area contributed by atoms with Gasteiger partial charge in [0.15, 0.2) is 0 Å². The van der Waals surface area contributed by atoms with Gasteiger partial charge in [-0.05, 0) is 24.1 Å². The van der Waals surface area contributed by atoms with Gasteiger partial charge in [0, 0.05) is 15.5 Å². The molecule has 0 saturated heterocycles. The second-order valence-electron chi connectivity index (χ2n) is 3.20. The van der Waals surface area contributed by atoms with Crippen LogP contribution < -0.4 is 0 Å². The molecular weight excluding hydrogens is 184 g/mol. The van der Waals surface area contributed by atoms with Crippen LogP contribution in [-0.4, -0.2) is 5.75 Å². The molecule has 0 unspecified atom stereocenters. The molecule has 0 spiro atoms. The predicted molar refractivity (Wildman–Crippen MR) is 59.3 cm³/mol. The molecule has 0 saturated carbocycles. The quantitative estimate of drug-likeness (QED) is 0.570. The molecule has 0 aliphatic carbocycles. The van der Waals surface area contributed by atoms with E-state index in [-0.39, 0.29) is 0 Å². The first kappa shape index (κ1) is 10.0. The Morgan fingerprint density at radius 1 is 1.42 bits per heavy atom. The molecule has 0 bridgehead atoms. The van der Waals surface area contributed by atoms with Crippen LogP contribution in [0.1, 0.15) is 13.8 Å². The Morgan fingerprint density at radius 2 is 2.17 bits per heavy atom. The minimum Gasteiger partial charge on any atom is -0.143 e. The zero-order valence-electron chi connectivity index (χ0n) is 7.45. The van der Waals surface area contributed by atoms with E-state index in [4.69, 9.17) is 0 Å². The van der Waals surface area contributed by atoms with Crippen molar-refractivity contribution in [1.29, 1.82) is 0 Å². The molecule has 1 rings (SSSR count). The minimum absolute atomic E-state index is 0.749. The van der Waals surface area contributed by atoms with E-state index in [9.17, 15) is 0 Å². The summed E-state index contributed by atoms with van der Waals surface area (Å²) in [6.07, 6.45) is 0. The molecule has 0 aliphatic rings. The van der Waals surface area contributed by atoms with E-state index in [0.717, 1.165) is 10.8 Å². The maximum absolute atomic E-state index is 4.29. The number of hydrogen-bond donors (Lipinski definition) is 1. The highest BCUT2D eigenvalue weighted by Crippen LogP contribution is 2.22. The highest BCUT2D eigenvalue weighted by Gasteiger charge is 1.96. The Labute approximate surface area is 84.2 Å². The number of hydrogen-bond acceptors (Lipinski definition) is 2. The van der Waals surface area contributed by atoms with Crippen molar-refractivity contribution in [3.63, 3.8) is 0 Å². The molecule has 2 heteroatoms. The van der Waals surface area contributed by atoms with Gasteiger partial charge in [-0.15, -0.1) is 24.4 Å². The molecule has 0 heterocycles. The molecule has 0 atom stereocenters. The van der Waals surface area contributed by atoms with Crippen molar-refractivity contribution in [3.05, 3.63) is 24.3 Å². The molecule has 0 radical (unpaired) electrons. The molecule has 0 nitrogen and oxygen atoms in total. The van der Waals surface area contributed by atoms with Gasteiger partial charge < -0.3 is 0 Å². The van der Waals surface area contributed by atoms with E-state index in [2.05, 4.69) is 38.6 Å². The zero-order valence-corrected chi connectivity index (χ0v) is 9.16. The molecular formula is C10H14S2. The average Bonchev–Trinajstić information content (AvgIpc) is 2.01. The molecule has 66 valence electrons. The maximum Gasteiger partial charge on any atom is 0.00830 e. The van der Waals surface area contributed by atoms with Crippen LogP contribution in [0.25, 0.3) is 0 Å². The third kappa shape index (κ3) is 3.55. The van der Waals surface area contributed by atoms with Gasteiger partial charge in [0.05, 0.1) is 0 Å². The van der Waals surface area contributed by atoms with Crippen molar-refractivity contribution in [2.24, 2.45) is 5.92 Å². The maximum atomic E-state index is 4.29. The second kappa shape index (κ2) is 4.83. The van der Waals surface area contributed by atoms with E-state index in [1.54, 1.807) is 0 Å². The van der Waals surface area contributed by atoms with Crippen LogP contribution in [-0.2, 0) is 0 Å². The fourth-order valence-corrected chi connectivity index (χ4v) is 2.06. The topological polar surface area (TPSA) is 0 Å². The van der Waals surface area contributed by atoms with Crippen molar-refractivity contribution < 1.29 is 0 Å². The van der Waals surface area contributed by atoms with Gasteiger partial charge in [0.2, 0.25) is 0 Å². The fraction of sp³-hybridized carbons (Fsp3) is 0.400. The predicted octanol–water partition coefficient (Wildman–Crippen LogP) is 3.72. The molecule has 1 aromatic rings. The summed E-state index contributed by atoms with van der Waals surface area (Å²) in [5.41, 5.74) is 0. The van der Waals surface area contributed by atoms with Crippen LogP contribution in [0.5, 0.6) is 0 Å². The summed E-state index contributed by atoms with van der Waals surface area (Å²) in [5.74, 6) is 1.93. The lowest BCUT2D eigenvalue weighted by Gasteiger charge is -2.04. The summed E-state index contributed by atoms with van der Waals surface area (Å²) < 4.78 is 0. The van der Waals surface area contributed by atoms with Crippen LogP contribution in [0.15, 0.2) is 34.1 Å². The van der Waals surface area contributed by atoms with Gasteiger partial charge in [-0.3, -0.25) is 0 Å². The Kier molecular flexibility index (Phi) is 4.02. The number of benzene rings is 1. The Bertz CT molecular complexity index is 243. The molecule has 0 amide bonds. The lowest BCUT2D eigenvalue weighted by molar-refractivity contribution is 0.750. The van der Waals surface area contributed by atoms with Crippen molar-refractivity contribution in [3.8, 4) is 0 Å². The van der Waals surface area contributed by atoms with Gasteiger partial charge in [0.1, 0.15) is 0 Å². The van der Waals surface area contributed by atoms with Crippen LogP contribution in [0.2, 0.25) is 0 Å². The highest BCUT2D eigenvalue weighted by molar-refractivity contribution is 7.99. The normalized spacial score (nSPS) is 10.7. The van der Waals surface area contributed by atoms with Crippen LogP contribution in [0, 0.1) is 5.92 Å². The average molecular weight is 198 g/mol. The number of rotatable bonds is 3. The van der Waals surface area contributed by atoms with Gasteiger partial charge in [-0.25, -0.2) is 0 Å². The largest absolute Gasteiger partial charge is 0.143 e. The van der Waals surface area contributed by atoms with E-state index in [1.165, 1.54) is 10.6 Å². The SMILES string of the molecule is CC(C)CSc1cccc(S)c1. The summed E-state index contributed by atoms with van der Waals surface area (Å²) in [7, 11) is 0. The van der Waals surface area contributed by atoms with Crippen molar-refractivity contribution in [2.75, 3.05) is 5.75 Å². The summed E-state index contributed by atoms with van der Waals surface area (Å²) in [6.45, 7) is 4.47. The lowest BCUT2D eigenvalue weighted by atomic mass is 10.3. The molecule has 0 N–H and O–H groups in total. The smallest absolute Gasteiger partial charge is 0.00830 e. The first-order valence-electron chi connectivity index (χ1n) is 4.10. The molecule has 0 aliphatic heterocycles. The zero-order chi connectivity index (χ0) is 8.97. The van der Waals surface area contributed by atoms with Gasteiger partial charge in [-0.1, -0.05) is 19.9 Å². The lowest BCUT2D eigenvalue weighted by Crippen LogP contribution is -1.89. The Morgan fingerprint density at radius 3 is 2.75 bits per heavy atom. The van der Waals surface area contributed by atoms with Gasteiger partial charge in [-0.2, -0.15) is 0 Å². The molecule has 12 heavy (non-hydrogen) atoms. The Hall–Kier alpha value is -0.0800. The minimum atomic E-state index is 0.749. The monoisotopic (exact) mass is 198 g/mol. The van der Waals surface area contributed by atoms with Crippen molar-refractivity contribution in [2.45, 2.75) is 23.6 Å². The molecule has 0 aromatic heterocycles. The van der Waals surface area contributed by atoms with Crippen LogP contribution >= 0.6 is 24.4 Å². The molecule has 0 fully saturated rings. The fourth-order valence-electron chi connectivity index (χ4n) is 0.836. The molecule has 1 aromatic carbocycles. The summed E-state index contributed by atoms with van der Waals surface area (Å²) in [5, 5.41) is 0. The van der Waals surface area contributed by atoms with E-state index < -0.39 is 0 Å². The number of thioether (sulfide) groups is 1. The van der Waals surface area contributed by atoms with Crippen molar-refractivity contribution in [1.82, 2.24) is 0 Å². The van der Waals surface area contributed by atoms with E-state index in [1.807, 2.05) is 23.9 Å². The first-order chi connectivity index (χ1) is 5.68. The summed E-state index contributed by atoms with van der Waals surface area (Å²) in [6, 6.07) is 8.29. The van der Waals surface area contributed by atoms with Crippen LogP contribution in [0.4, 0.5) is 0 Å². The van der Waals surface area contributed by atoms with E-state index in [0.29, 0.717) is 0 Å². The van der Waals surface area contributed by atoms with Crippen molar-refractivity contribution >= 4 is 24.4 Å².